The smallest absolute Gasteiger partial charge is 0.160 e. The zero-order valence-electron chi connectivity index (χ0n) is 9.30. The van der Waals surface area contributed by atoms with Gasteiger partial charge in [-0.2, -0.15) is 0 Å². The first kappa shape index (κ1) is 9.96. The molecule has 0 aliphatic rings. The van der Waals surface area contributed by atoms with Crippen LogP contribution in [0.5, 0.6) is 0 Å². The van der Waals surface area contributed by atoms with Crippen LogP contribution < -0.4 is 0 Å². The molecule has 2 heterocycles. The number of rotatable bonds is 3. The van der Waals surface area contributed by atoms with Gasteiger partial charge in [0, 0.05) is 6.42 Å². The fourth-order valence-corrected chi connectivity index (χ4v) is 1.80. The molecule has 4 nitrogen and oxygen atoms in total. The summed E-state index contributed by atoms with van der Waals surface area (Å²) >= 11 is 0. The minimum atomic E-state index is 0.808. The van der Waals surface area contributed by atoms with E-state index in [-0.39, 0.29) is 0 Å². The van der Waals surface area contributed by atoms with Gasteiger partial charge in [-0.05, 0) is 12.0 Å². The first-order valence-electron chi connectivity index (χ1n) is 5.61. The highest BCUT2D eigenvalue weighted by molar-refractivity contribution is 5.68. The molecule has 3 rings (SSSR count). The Balaban J connectivity index is 1.76. The summed E-state index contributed by atoms with van der Waals surface area (Å²) < 4.78 is 0. The molecule has 0 aliphatic carbocycles. The zero-order chi connectivity index (χ0) is 11.5. The zero-order valence-corrected chi connectivity index (χ0v) is 9.30. The third-order valence-electron chi connectivity index (χ3n) is 2.70. The van der Waals surface area contributed by atoms with E-state index in [2.05, 4.69) is 32.1 Å². The Labute approximate surface area is 98.8 Å². The van der Waals surface area contributed by atoms with Gasteiger partial charge in [0.25, 0.3) is 0 Å². The first-order chi connectivity index (χ1) is 8.42. The SMILES string of the molecule is c1ccc(CCc2ncc3nc[nH]c3n2)cc1. The Morgan fingerprint density at radius 2 is 1.88 bits per heavy atom. The van der Waals surface area contributed by atoms with Crippen molar-refractivity contribution in [3.63, 3.8) is 0 Å². The van der Waals surface area contributed by atoms with Crippen molar-refractivity contribution in [1.82, 2.24) is 19.9 Å². The number of benzene rings is 1. The summed E-state index contributed by atoms with van der Waals surface area (Å²) in [5, 5.41) is 0. The number of aromatic nitrogens is 4. The van der Waals surface area contributed by atoms with Crippen molar-refractivity contribution in [3.05, 3.63) is 54.2 Å². The maximum Gasteiger partial charge on any atom is 0.160 e. The minimum absolute atomic E-state index is 0.808. The van der Waals surface area contributed by atoms with Gasteiger partial charge in [0.15, 0.2) is 5.65 Å². The van der Waals surface area contributed by atoms with E-state index in [0.717, 1.165) is 29.8 Å². The van der Waals surface area contributed by atoms with Crippen LogP contribution in [0.15, 0.2) is 42.9 Å². The summed E-state index contributed by atoms with van der Waals surface area (Å²) in [4.78, 5) is 15.8. The third-order valence-corrected chi connectivity index (χ3v) is 2.70. The second-order valence-electron chi connectivity index (χ2n) is 3.91. The molecule has 1 aromatic carbocycles. The lowest BCUT2D eigenvalue weighted by Crippen LogP contribution is -1.98. The standard InChI is InChI=1S/C13H12N4/c1-2-4-10(5-3-1)6-7-12-14-8-11-13(17-12)16-9-15-11/h1-5,8-9H,6-7H2,(H,14,15,16,17). The van der Waals surface area contributed by atoms with E-state index in [1.54, 1.807) is 12.5 Å². The van der Waals surface area contributed by atoms with Crippen LogP contribution >= 0.6 is 0 Å². The molecule has 3 aromatic rings. The molecule has 0 unspecified atom stereocenters. The summed E-state index contributed by atoms with van der Waals surface area (Å²) in [6.45, 7) is 0. The summed E-state index contributed by atoms with van der Waals surface area (Å²) in [5.74, 6) is 0.852. The number of aryl methyl sites for hydroxylation is 2. The molecular formula is C13H12N4. The molecule has 0 saturated carbocycles. The lowest BCUT2D eigenvalue weighted by atomic mass is 10.1. The van der Waals surface area contributed by atoms with Crippen LogP contribution in [-0.2, 0) is 12.8 Å². The topological polar surface area (TPSA) is 54.5 Å². The molecule has 0 aliphatic heterocycles. The second kappa shape index (κ2) is 4.33. The maximum atomic E-state index is 4.42. The van der Waals surface area contributed by atoms with Gasteiger partial charge in [-0.15, -0.1) is 0 Å². The Hall–Kier alpha value is -2.23. The van der Waals surface area contributed by atoms with E-state index < -0.39 is 0 Å². The number of nitrogens with zero attached hydrogens (tertiary/aromatic N) is 3. The summed E-state index contributed by atoms with van der Waals surface area (Å²) in [6.07, 6.45) is 5.21. The van der Waals surface area contributed by atoms with E-state index in [1.165, 1.54) is 5.56 Å². The van der Waals surface area contributed by atoms with Crippen molar-refractivity contribution >= 4 is 11.2 Å². The fraction of sp³-hybridized carbons (Fsp3) is 0.154. The molecular weight excluding hydrogens is 212 g/mol. The fourth-order valence-electron chi connectivity index (χ4n) is 1.80. The predicted octanol–water partition coefficient (Wildman–Crippen LogP) is 2.14. The van der Waals surface area contributed by atoms with Crippen molar-refractivity contribution < 1.29 is 0 Å². The highest BCUT2D eigenvalue weighted by Gasteiger charge is 2.02. The van der Waals surface area contributed by atoms with Crippen LogP contribution in [0.3, 0.4) is 0 Å². The number of H-pyrrole nitrogens is 1. The van der Waals surface area contributed by atoms with Gasteiger partial charge in [0.2, 0.25) is 0 Å². The van der Waals surface area contributed by atoms with Crippen molar-refractivity contribution in [2.45, 2.75) is 12.8 Å². The number of nitrogens with one attached hydrogen (secondary N) is 1. The van der Waals surface area contributed by atoms with Gasteiger partial charge in [-0.3, -0.25) is 0 Å². The first-order valence-corrected chi connectivity index (χ1v) is 5.61. The van der Waals surface area contributed by atoms with E-state index in [1.807, 2.05) is 18.2 Å². The van der Waals surface area contributed by atoms with Crippen LogP contribution in [0, 0.1) is 0 Å². The molecule has 0 radical (unpaired) electrons. The van der Waals surface area contributed by atoms with Gasteiger partial charge >= 0.3 is 0 Å². The van der Waals surface area contributed by atoms with Crippen LogP contribution in [0.4, 0.5) is 0 Å². The van der Waals surface area contributed by atoms with E-state index >= 15 is 0 Å². The van der Waals surface area contributed by atoms with Crippen molar-refractivity contribution in [1.29, 1.82) is 0 Å². The maximum absolute atomic E-state index is 4.42. The predicted molar refractivity (Wildman–Crippen MR) is 65.5 cm³/mol. The van der Waals surface area contributed by atoms with Crippen LogP contribution in [0.2, 0.25) is 0 Å². The largest absolute Gasteiger partial charge is 0.329 e. The quantitative estimate of drug-likeness (QED) is 0.741. The van der Waals surface area contributed by atoms with Gasteiger partial charge < -0.3 is 4.98 Å². The average Bonchev–Trinajstić information content (AvgIpc) is 2.85. The lowest BCUT2D eigenvalue weighted by molar-refractivity contribution is 0.867. The Morgan fingerprint density at radius 3 is 2.76 bits per heavy atom. The normalized spacial score (nSPS) is 10.8. The molecule has 84 valence electrons. The molecule has 0 atom stereocenters. The van der Waals surface area contributed by atoms with E-state index in [4.69, 9.17) is 0 Å². The number of hydrogen-bond acceptors (Lipinski definition) is 3. The van der Waals surface area contributed by atoms with Gasteiger partial charge in [-0.25, -0.2) is 15.0 Å². The van der Waals surface area contributed by atoms with Gasteiger partial charge in [-0.1, -0.05) is 30.3 Å². The minimum Gasteiger partial charge on any atom is -0.329 e. The molecule has 0 fully saturated rings. The van der Waals surface area contributed by atoms with Crippen molar-refractivity contribution in [3.8, 4) is 0 Å². The molecule has 2 aromatic heterocycles. The highest BCUT2D eigenvalue weighted by atomic mass is 15.0. The Morgan fingerprint density at radius 1 is 1.00 bits per heavy atom. The van der Waals surface area contributed by atoms with Crippen molar-refractivity contribution in [2.75, 3.05) is 0 Å². The Bertz CT molecular complexity index is 615. The molecule has 1 N–H and O–H groups in total. The molecule has 0 bridgehead atoms. The van der Waals surface area contributed by atoms with Gasteiger partial charge in [0.05, 0.1) is 12.5 Å². The molecule has 0 amide bonds. The lowest BCUT2D eigenvalue weighted by Gasteiger charge is -2.00. The average molecular weight is 224 g/mol. The molecule has 0 saturated heterocycles. The third kappa shape index (κ3) is 2.15. The number of aromatic amines is 1. The van der Waals surface area contributed by atoms with Crippen LogP contribution in [0.25, 0.3) is 11.2 Å². The highest BCUT2D eigenvalue weighted by Crippen LogP contribution is 2.07. The molecule has 17 heavy (non-hydrogen) atoms. The molecule has 4 heteroatoms. The van der Waals surface area contributed by atoms with E-state index in [0.29, 0.717) is 0 Å². The number of imidazole rings is 1. The summed E-state index contributed by atoms with van der Waals surface area (Å²) in [7, 11) is 0. The van der Waals surface area contributed by atoms with Crippen LogP contribution in [-0.4, -0.2) is 19.9 Å². The molecule has 0 spiro atoms. The van der Waals surface area contributed by atoms with Gasteiger partial charge in [0.1, 0.15) is 11.3 Å². The number of hydrogen-bond donors (Lipinski definition) is 1. The number of fused-ring (bicyclic) bond motifs is 1. The second-order valence-corrected chi connectivity index (χ2v) is 3.91. The van der Waals surface area contributed by atoms with E-state index in [9.17, 15) is 0 Å². The monoisotopic (exact) mass is 224 g/mol. The van der Waals surface area contributed by atoms with Crippen molar-refractivity contribution in [2.24, 2.45) is 0 Å². The summed E-state index contributed by atoms with van der Waals surface area (Å²) in [5.41, 5.74) is 2.93. The van der Waals surface area contributed by atoms with Crippen LogP contribution in [0.1, 0.15) is 11.4 Å². The Kier molecular flexibility index (Phi) is 2.54. The summed E-state index contributed by atoms with van der Waals surface area (Å²) in [6, 6.07) is 10.4.